The first-order chi connectivity index (χ1) is 14.8. The van der Waals surface area contributed by atoms with E-state index >= 15 is 0 Å². The molecule has 0 spiro atoms. The number of hydrazine groups is 1. The number of methoxy groups -OCH3 is 1. The van der Waals surface area contributed by atoms with Gasteiger partial charge < -0.3 is 20.1 Å². The van der Waals surface area contributed by atoms with Crippen molar-refractivity contribution in [3.63, 3.8) is 0 Å². The van der Waals surface area contributed by atoms with Crippen molar-refractivity contribution in [2.24, 2.45) is 11.8 Å². The Kier molecular flexibility index (Phi) is 9.11. The quantitative estimate of drug-likeness (QED) is 0.421. The molecule has 31 heavy (non-hydrogen) atoms. The van der Waals surface area contributed by atoms with E-state index in [1.807, 2.05) is 44.2 Å². The molecule has 2 rings (SSSR count). The van der Waals surface area contributed by atoms with E-state index in [1.165, 1.54) is 7.11 Å². The molecule has 170 valence electrons. The van der Waals surface area contributed by atoms with E-state index in [1.54, 1.807) is 0 Å². The van der Waals surface area contributed by atoms with Gasteiger partial charge in [0.15, 0.2) is 0 Å². The number of nitrogens with one attached hydrogen (secondary N) is 3. The Hall–Kier alpha value is -3.30. The van der Waals surface area contributed by atoms with Crippen LogP contribution in [0, 0.1) is 11.8 Å². The minimum Gasteiger partial charge on any atom is -0.467 e. The summed E-state index contributed by atoms with van der Waals surface area (Å²) in [6.07, 6.45) is -0.121. The van der Waals surface area contributed by atoms with Gasteiger partial charge in [-0.25, -0.2) is 24.8 Å². The van der Waals surface area contributed by atoms with Crippen LogP contribution in [0.15, 0.2) is 30.3 Å². The maximum atomic E-state index is 12.8. The number of rotatable bonds is 8. The molecule has 1 aliphatic heterocycles. The standard InChI is InChI=1S/C21H30N4O6/c1-14(2)12-25(24-21(29)31-13-15-7-5-4-6-8-15)20(28)23-17(19(27)30-3)11-16-9-10-22-18(16)26/h4-8,14,16-17H,9-13H2,1-3H3,(H,22,26)(H,23,28)(H,24,29)/t16-,17?/m0/s1. The first-order valence-electron chi connectivity index (χ1n) is 10.2. The second kappa shape index (κ2) is 11.8. The molecule has 1 unspecified atom stereocenters. The smallest absolute Gasteiger partial charge is 0.426 e. The van der Waals surface area contributed by atoms with Crippen molar-refractivity contribution < 1.29 is 28.7 Å². The van der Waals surface area contributed by atoms with Crippen LogP contribution in [0.5, 0.6) is 0 Å². The van der Waals surface area contributed by atoms with Crippen LogP contribution in [0.25, 0.3) is 0 Å². The highest BCUT2D eigenvalue weighted by Gasteiger charge is 2.33. The zero-order chi connectivity index (χ0) is 22.8. The van der Waals surface area contributed by atoms with Gasteiger partial charge in [0.2, 0.25) is 5.91 Å². The van der Waals surface area contributed by atoms with Gasteiger partial charge in [-0.05, 0) is 24.3 Å². The lowest BCUT2D eigenvalue weighted by Crippen LogP contribution is -2.56. The van der Waals surface area contributed by atoms with E-state index in [0.717, 1.165) is 10.6 Å². The van der Waals surface area contributed by atoms with Crippen molar-refractivity contribution in [3.05, 3.63) is 35.9 Å². The molecule has 0 aliphatic carbocycles. The SMILES string of the molecule is COC(=O)C(C[C@@H]1CCNC1=O)NC(=O)N(CC(C)C)NC(=O)OCc1ccccc1. The van der Waals surface area contributed by atoms with E-state index in [2.05, 4.69) is 16.1 Å². The van der Waals surface area contributed by atoms with Gasteiger partial charge in [0.1, 0.15) is 12.6 Å². The summed E-state index contributed by atoms with van der Waals surface area (Å²) in [5.74, 6) is -1.20. The maximum Gasteiger partial charge on any atom is 0.426 e. The second-order valence-electron chi connectivity index (χ2n) is 7.72. The molecule has 0 aromatic heterocycles. The molecule has 1 saturated heterocycles. The topological polar surface area (TPSA) is 126 Å². The van der Waals surface area contributed by atoms with Crippen molar-refractivity contribution in [1.29, 1.82) is 0 Å². The summed E-state index contributed by atoms with van der Waals surface area (Å²) in [6.45, 7) is 4.50. The number of hydrogen-bond donors (Lipinski definition) is 3. The fraction of sp³-hybridized carbons (Fsp3) is 0.524. The molecule has 10 heteroatoms. The molecule has 0 bridgehead atoms. The van der Waals surface area contributed by atoms with Crippen LogP contribution >= 0.6 is 0 Å². The van der Waals surface area contributed by atoms with Gasteiger partial charge in [0.05, 0.1) is 7.11 Å². The Balaban J connectivity index is 1.99. The summed E-state index contributed by atoms with van der Waals surface area (Å²) in [4.78, 5) is 49.1. The summed E-state index contributed by atoms with van der Waals surface area (Å²) < 4.78 is 9.94. The van der Waals surface area contributed by atoms with E-state index < -0.39 is 30.1 Å². The highest BCUT2D eigenvalue weighted by molar-refractivity contribution is 5.86. The van der Waals surface area contributed by atoms with Crippen LogP contribution in [0.1, 0.15) is 32.3 Å². The molecule has 1 aromatic rings. The average Bonchev–Trinajstić information content (AvgIpc) is 3.15. The molecular weight excluding hydrogens is 404 g/mol. The summed E-state index contributed by atoms with van der Waals surface area (Å²) in [7, 11) is 1.21. The number of urea groups is 1. The minimum absolute atomic E-state index is 0.0253. The van der Waals surface area contributed by atoms with Crippen molar-refractivity contribution >= 4 is 24.0 Å². The van der Waals surface area contributed by atoms with Crippen molar-refractivity contribution in [3.8, 4) is 0 Å². The van der Waals surface area contributed by atoms with Crippen LogP contribution in [-0.4, -0.2) is 55.3 Å². The predicted octanol–water partition coefficient (Wildman–Crippen LogP) is 1.56. The highest BCUT2D eigenvalue weighted by atomic mass is 16.6. The van der Waals surface area contributed by atoms with Crippen molar-refractivity contribution in [1.82, 2.24) is 21.1 Å². The fourth-order valence-corrected chi connectivity index (χ4v) is 3.15. The number of esters is 1. The van der Waals surface area contributed by atoms with Gasteiger partial charge in [-0.15, -0.1) is 0 Å². The Bertz CT molecular complexity index is 770. The number of benzene rings is 1. The van der Waals surface area contributed by atoms with Crippen LogP contribution in [0.3, 0.4) is 0 Å². The largest absolute Gasteiger partial charge is 0.467 e. The monoisotopic (exact) mass is 434 g/mol. The Morgan fingerprint density at radius 1 is 1.23 bits per heavy atom. The van der Waals surface area contributed by atoms with Crippen LogP contribution in [0.4, 0.5) is 9.59 Å². The third-order valence-electron chi connectivity index (χ3n) is 4.70. The van der Waals surface area contributed by atoms with Crippen LogP contribution in [0.2, 0.25) is 0 Å². The maximum absolute atomic E-state index is 12.8. The van der Waals surface area contributed by atoms with Gasteiger partial charge in [-0.1, -0.05) is 44.2 Å². The molecule has 4 amide bonds. The van der Waals surface area contributed by atoms with Crippen LogP contribution in [-0.2, 0) is 25.7 Å². The van der Waals surface area contributed by atoms with Gasteiger partial charge in [-0.3, -0.25) is 4.79 Å². The zero-order valence-electron chi connectivity index (χ0n) is 18.1. The number of carbonyl (C=O) groups excluding carboxylic acids is 4. The van der Waals surface area contributed by atoms with Gasteiger partial charge in [0, 0.05) is 19.0 Å². The van der Waals surface area contributed by atoms with Crippen LogP contribution < -0.4 is 16.1 Å². The summed E-state index contributed by atoms with van der Waals surface area (Å²) in [5.41, 5.74) is 3.22. The molecule has 3 N–H and O–H groups in total. The normalized spacial score (nSPS) is 16.3. The van der Waals surface area contributed by atoms with Gasteiger partial charge >= 0.3 is 18.1 Å². The Morgan fingerprint density at radius 3 is 2.52 bits per heavy atom. The molecule has 0 radical (unpaired) electrons. The molecule has 1 fully saturated rings. The molecule has 1 aliphatic rings. The fourth-order valence-electron chi connectivity index (χ4n) is 3.15. The molecule has 0 saturated carbocycles. The number of amides is 4. The highest BCUT2D eigenvalue weighted by Crippen LogP contribution is 2.17. The van der Waals surface area contributed by atoms with E-state index in [4.69, 9.17) is 9.47 Å². The first-order valence-corrected chi connectivity index (χ1v) is 10.2. The molecular formula is C21H30N4O6. The predicted molar refractivity (Wildman–Crippen MR) is 111 cm³/mol. The zero-order valence-corrected chi connectivity index (χ0v) is 18.1. The Morgan fingerprint density at radius 2 is 1.94 bits per heavy atom. The Labute approximate surface area is 181 Å². The lowest BCUT2D eigenvalue weighted by Gasteiger charge is -2.27. The van der Waals surface area contributed by atoms with E-state index in [0.29, 0.717) is 13.0 Å². The van der Waals surface area contributed by atoms with E-state index in [-0.39, 0.29) is 31.4 Å². The molecule has 1 aromatic carbocycles. The molecule has 2 atom stereocenters. The lowest BCUT2D eigenvalue weighted by molar-refractivity contribution is -0.143. The third kappa shape index (κ3) is 7.80. The lowest BCUT2D eigenvalue weighted by atomic mass is 9.98. The number of nitrogens with zero attached hydrogens (tertiary/aromatic N) is 1. The third-order valence-corrected chi connectivity index (χ3v) is 4.70. The van der Waals surface area contributed by atoms with E-state index in [9.17, 15) is 19.2 Å². The van der Waals surface area contributed by atoms with Gasteiger partial charge in [0.25, 0.3) is 0 Å². The van der Waals surface area contributed by atoms with Crippen molar-refractivity contribution in [2.75, 3.05) is 20.2 Å². The number of carbonyl (C=O) groups is 4. The van der Waals surface area contributed by atoms with Gasteiger partial charge in [-0.2, -0.15) is 0 Å². The molecule has 10 nitrogen and oxygen atoms in total. The average molecular weight is 434 g/mol. The second-order valence-corrected chi connectivity index (χ2v) is 7.72. The summed E-state index contributed by atoms with van der Waals surface area (Å²) >= 11 is 0. The van der Waals surface area contributed by atoms with Crippen molar-refractivity contribution in [2.45, 2.75) is 39.3 Å². The number of hydrogen-bond acceptors (Lipinski definition) is 6. The molecule has 1 heterocycles. The first kappa shape index (κ1) is 24.0. The summed E-state index contributed by atoms with van der Waals surface area (Å²) in [5, 5.41) is 6.32. The summed E-state index contributed by atoms with van der Waals surface area (Å²) in [6, 6.07) is 7.41. The number of ether oxygens (including phenoxy) is 2. The minimum atomic E-state index is -1.02.